The molecule has 98 valence electrons. The average molecular weight is 254 g/mol. The Morgan fingerprint density at radius 1 is 1.06 bits per heavy atom. The van der Waals surface area contributed by atoms with Crippen LogP contribution in [0.2, 0.25) is 0 Å². The summed E-state index contributed by atoms with van der Waals surface area (Å²) in [5.41, 5.74) is 0.580. The van der Waals surface area contributed by atoms with Crippen molar-refractivity contribution in [2.75, 3.05) is 38.5 Å². The molecular formula is C14H26N2S. The highest BCUT2D eigenvalue weighted by Gasteiger charge is 2.38. The molecule has 1 unspecified atom stereocenters. The third-order valence-corrected chi connectivity index (χ3v) is 5.87. The van der Waals surface area contributed by atoms with E-state index in [9.17, 15) is 0 Å². The van der Waals surface area contributed by atoms with Crippen molar-refractivity contribution in [2.45, 2.75) is 44.6 Å². The van der Waals surface area contributed by atoms with E-state index in [0.29, 0.717) is 5.41 Å². The van der Waals surface area contributed by atoms with Crippen molar-refractivity contribution in [3.05, 3.63) is 0 Å². The van der Waals surface area contributed by atoms with Gasteiger partial charge in [-0.25, -0.2) is 0 Å². The molecule has 0 bridgehead atoms. The largest absolute Gasteiger partial charge is 0.301 e. The van der Waals surface area contributed by atoms with Crippen LogP contribution in [0.15, 0.2) is 0 Å². The maximum Gasteiger partial charge on any atom is 0.0223 e. The summed E-state index contributed by atoms with van der Waals surface area (Å²) in [4.78, 5) is 5.49. The Balaban J connectivity index is 1.59. The quantitative estimate of drug-likeness (QED) is 0.772. The highest BCUT2D eigenvalue weighted by Crippen LogP contribution is 2.42. The van der Waals surface area contributed by atoms with Crippen LogP contribution >= 0.6 is 12.6 Å². The first kappa shape index (κ1) is 12.3. The van der Waals surface area contributed by atoms with Crippen LogP contribution in [0.3, 0.4) is 0 Å². The first-order valence-corrected chi connectivity index (χ1v) is 8.02. The molecule has 2 aliphatic heterocycles. The fourth-order valence-corrected chi connectivity index (χ4v) is 4.36. The van der Waals surface area contributed by atoms with Crippen LogP contribution in [0.5, 0.6) is 0 Å². The molecule has 2 saturated heterocycles. The predicted octanol–water partition coefficient (Wildman–Crippen LogP) is 2.26. The minimum Gasteiger partial charge on any atom is -0.301 e. The zero-order valence-electron chi connectivity index (χ0n) is 10.9. The zero-order valence-corrected chi connectivity index (χ0v) is 11.8. The minimum atomic E-state index is 0.580. The number of rotatable bonds is 3. The third-order valence-electron chi connectivity index (χ3n) is 5.20. The van der Waals surface area contributed by atoms with Gasteiger partial charge < -0.3 is 4.90 Å². The molecule has 3 aliphatic rings. The molecule has 2 nitrogen and oxygen atoms in total. The van der Waals surface area contributed by atoms with Crippen molar-refractivity contribution in [3.63, 3.8) is 0 Å². The van der Waals surface area contributed by atoms with Crippen LogP contribution in [-0.2, 0) is 0 Å². The van der Waals surface area contributed by atoms with E-state index in [1.54, 1.807) is 0 Å². The fourth-order valence-electron chi connectivity index (χ4n) is 3.94. The van der Waals surface area contributed by atoms with E-state index in [2.05, 4.69) is 22.4 Å². The van der Waals surface area contributed by atoms with Crippen molar-refractivity contribution >= 4 is 12.6 Å². The van der Waals surface area contributed by atoms with Gasteiger partial charge in [0.1, 0.15) is 0 Å². The SMILES string of the molecule is SCC1(CN2CCCN3CCCC3C2)CCC1. The van der Waals surface area contributed by atoms with Gasteiger partial charge in [0.05, 0.1) is 0 Å². The number of hydrogen-bond donors (Lipinski definition) is 1. The van der Waals surface area contributed by atoms with Gasteiger partial charge in [-0.2, -0.15) is 12.6 Å². The summed E-state index contributed by atoms with van der Waals surface area (Å²) in [6.45, 7) is 6.67. The summed E-state index contributed by atoms with van der Waals surface area (Å²) in [5, 5.41) is 0. The Kier molecular flexibility index (Phi) is 3.69. The molecule has 0 spiro atoms. The van der Waals surface area contributed by atoms with Gasteiger partial charge in [-0.1, -0.05) is 6.42 Å². The lowest BCUT2D eigenvalue weighted by Crippen LogP contribution is -2.46. The van der Waals surface area contributed by atoms with Gasteiger partial charge in [-0.15, -0.1) is 0 Å². The predicted molar refractivity (Wildman–Crippen MR) is 75.8 cm³/mol. The number of hydrogen-bond acceptors (Lipinski definition) is 3. The van der Waals surface area contributed by atoms with Gasteiger partial charge in [0.25, 0.3) is 0 Å². The van der Waals surface area contributed by atoms with Crippen LogP contribution in [0.1, 0.15) is 38.5 Å². The van der Waals surface area contributed by atoms with E-state index in [1.165, 1.54) is 71.2 Å². The van der Waals surface area contributed by atoms with Crippen molar-refractivity contribution in [1.82, 2.24) is 9.80 Å². The van der Waals surface area contributed by atoms with Gasteiger partial charge in [0.15, 0.2) is 0 Å². The second kappa shape index (κ2) is 5.10. The third kappa shape index (κ3) is 2.52. The molecule has 0 N–H and O–H groups in total. The van der Waals surface area contributed by atoms with E-state index in [-0.39, 0.29) is 0 Å². The van der Waals surface area contributed by atoms with E-state index in [0.717, 1.165) is 11.8 Å². The van der Waals surface area contributed by atoms with Gasteiger partial charge in [0.2, 0.25) is 0 Å². The van der Waals surface area contributed by atoms with E-state index in [1.807, 2.05) is 0 Å². The van der Waals surface area contributed by atoms with Crippen molar-refractivity contribution in [2.24, 2.45) is 5.41 Å². The molecule has 0 radical (unpaired) electrons. The molecule has 3 heteroatoms. The fraction of sp³-hybridized carbons (Fsp3) is 1.00. The lowest BCUT2D eigenvalue weighted by atomic mass is 9.70. The molecule has 0 aromatic carbocycles. The van der Waals surface area contributed by atoms with Crippen LogP contribution in [0.25, 0.3) is 0 Å². The monoisotopic (exact) mass is 254 g/mol. The molecule has 0 aromatic heterocycles. The van der Waals surface area contributed by atoms with Gasteiger partial charge in [-0.3, -0.25) is 4.90 Å². The minimum absolute atomic E-state index is 0.580. The number of nitrogens with zero attached hydrogens (tertiary/aromatic N) is 2. The van der Waals surface area contributed by atoms with Crippen molar-refractivity contribution < 1.29 is 0 Å². The lowest BCUT2D eigenvalue weighted by molar-refractivity contribution is 0.0856. The molecule has 0 aromatic rings. The van der Waals surface area contributed by atoms with Crippen molar-refractivity contribution in [1.29, 1.82) is 0 Å². The average Bonchev–Trinajstić information content (AvgIpc) is 2.63. The molecule has 1 atom stereocenters. The summed E-state index contributed by atoms with van der Waals surface area (Å²) in [6.07, 6.45) is 8.51. The first-order valence-electron chi connectivity index (χ1n) is 7.39. The standard InChI is InChI=1S/C14H26N2S/c17-12-14(5-2-6-14)11-15-7-3-9-16-8-1-4-13(16)10-15/h13,17H,1-12H2. The normalized spacial score (nSPS) is 34.1. The Morgan fingerprint density at radius 2 is 1.88 bits per heavy atom. The summed E-state index contributed by atoms with van der Waals surface area (Å²) >= 11 is 4.60. The van der Waals surface area contributed by atoms with Crippen LogP contribution < -0.4 is 0 Å². The van der Waals surface area contributed by atoms with Crippen LogP contribution in [0.4, 0.5) is 0 Å². The summed E-state index contributed by atoms with van der Waals surface area (Å²) in [6, 6.07) is 0.870. The maximum absolute atomic E-state index is 4.60. The molecule has 3 fully saturated rings. The highest BCUT2D eigenvalue weighted by molar-refractivity contribution is 7.80. The Morgan fingerprint density at radius 3 is 2.59 bits per heavy atom. The molecule has 17 heavy (non-hydrogen) atoms. The summed E-state index contributed by atoms with van der Waals surface area (Å²) in [5.74, 6) is 1.10. The topological polar surface area (TPSA) is 6.48 Å². The van der Waals surface area contributed by atoms with Gasteiger partial charge in [0, 0.05) is 19.1 Å². The van der Waals surface area contributed by atoms with E-state index < -0.39 is 0 Å². The Bertz CT molecular complexity index is 259. The van der Waals surface area contributed by atoms with Crippen LogP contribution in [-0.4, -0.2) is 54.3 Å². The Hall–Kier alpha value is 0.270. The molecule has 1 aliphatic carbocycles. The molecule has 3 rings (SSSR count). The van der Waals surface area contributed by atoms with E-state index in [4.69, 9.17) is 0 Å². The Labute approximate surface area is 111 Å². The second-order valence-electron chi connectivity index (χ2n) is 6.43. The lowest BCUT2D eigenvalue weighted by Gasteiger charge is -2.44. The molecule has 0 amide bonds. The first-order chi connectivity index (χ1) is 8.31. The molecular weight excluding hydrogens is 228 g/mol. The molecule has 1 saturated carbocycles. The van der Waals surface area contributed by atoms with Crippen LogP contribution in [0, 0.1) is 5.41 Å². The highest BCUT2D eigenvalue weighted by atomic mass is 32.1. The summed E-state index contributed by atoms with van der Waals surface area (Å²) < 4.78 is 0. The van der Waals surface area contributed by atoms with Gasteiger partial charge >= 0.3 is 0 Å². The maximum atomic E-state index is 4.60. The van der Waals surface area contributed by atoms with Gasteiger partial charge in [-0.05, 0) is 62.9 Å². The molecule has 2 heterocycles. The van der Waals surface area contributed by atoms with Crippen molar-refractivity contribution in [3.8, 4) is 0 Å². The smallest absolute Gasteiger partial charge is 0.0223 e. The second-order valence-corrected chi connectivity index (χ2v) is 6.75. The zero-order chi connectivity index (χ0) is 11.7. The summed E-state index contributed by atoms with van der Waals surface area (Å²) in [7, 11) is 0. The number of fused-ring (bicyclic) bond motifs is 1. The number of thiol groups is 1. The van der Waals surface area contributed by atoms with E-state index >= 15 is 0 Å².